The van der Waals surface area contributed by atoms with E-state index >= 15 is 0 Å². The summed E-state index contributed by atoms with van der Waals surface area (Å²) in [6.07, 6.45) is -0.553. The van der Waals surface area contributed by atoms with E-state index in [1.807, 2.05) is 0 Å². The van der Waals surface area contributed by atoms with E-state index in [9.17, 15) is 30.8 Å². The van der Waals surface area contributed by atoms with Crippen molar-refractivity contribution in [1.82, 2.24) is 0 Å². The van der Waals surface area contributed by atoms with Gasteiger partial charge in [0.15, 0.2) is 5.75 Å². The van der Waals surface area contributed by atoms with E-state index in [1.54, 1.807) is 20.8 Å². The van der Waals surface area contributed by atoms with Crippen LogP contribution in [-0.4, -0.2) is 37.2 Å². The average Bonchev–Trinajstić information content (AvgIpc) is 2.62. The summed E-state index contributed by atoms with van der Waals surface area (Å²) in [6.45, 7) is 13.4. The van der Waals surface area contributed by atoms with Gasteiger partial charge in [-0.15, -0.1) is 0 Å². The number of aliphatic hydroxyl groups is 1. The molecule has 6 nitrogen and oxygen atoms in total. The second kappa shape index (κ2) is 10.7. The number of benzene rings is 2. The van der Waals surface area contributed by atoms with Gasteiger partial charge in [-0.05, 0) is 70.2 Å². The maximum absolute atomic E-state index is 14.5. The molecule has 2 rings (SSSR count). The first-order valence-electron chi connectivity index (χ1n) is 10.1. The van der Waals surface area contributed by atoms with Gasteiger partial charge in [-0.3, -0.25) is 4.79 Å². The zero-order valence-corrected chi connectivity index (χ0v) is 20.6. The molecule has 0 unspecified atom stereocenters. The standard InChI is InChI=1S/C19H18F4O5S.C4H10O/c1-5-27-17(24)9-14-11(4)6-12-7-13(10(2)3)16(20)8-15(12)18(14)28-29(25,26)19(21,22)23;1-4(2,3)5/h6-8H,2,5,9H2,1,3-4H3;5H,1-3H3. The number of allylic oxidation sites excluding steroid dienone is 1. The minimum Gasteiger partial charge on any atom is -0.466 e. The molecule has 0 aliphatic rings. The molecule has 0 heterocycles. The molecule has 2 aromatic carbocycles. The first kappa shape index (κ1) is 29.4. The molecular formula is C23H28F4O6S. The van der Waals surface area contributed by atoms with E-state index < -0.39 is 45.2 Å². The molecular weight excluding hydrogens is 480 g/mol. The van der Waals surface area contributed by atoms with E-state index in [0.29, 0.717) is 5.57 Å². The highest BCUT2D eigenvalue weighted by Gasteiger charge is 2.49. The largest absolute Gasteiger partial charge is 0.534 e. The fourth-order valence-corrected chi connectivity index (χ4v) is 3.23. The van der Waals surface area contributed by atoms with Crippen molar-refractivity contribution in [3.05, 3.63) is 47.3 Å². The van der Waals surface area contributed by atoms with Crippen LogP contribution in [-0.2, 0) is 26.1 Å². The summed E-state index contributed by atoms with van der Waals surface area (Å²) in [4.78, 5) is 11.9. The lowest BCUT2D eigenvalue weighted by Crippen LogP contribution is -2.28. The highest BCUT2D eigenvalue weighted by molar-refractivity contribution is 7.88. The van der Waals surface area contributed by atoms with Gasteiger partial charge < -0.3 is 14.0 Å². The third-order valence-corrected chi connectivity index (χ3v) is 5.02. The normalized spacial score (nSPS) is 12.1. The lowest BCUT2D eigenvalue weighted by molar-refractivity contribution is -0.142. The van der Waals surface area contributed by atoms with Crippen LogP contribution in [0.15, 0.2) is 24.8 Å². The fraction of sp³-hybridized carbons (Fsp3) is 0.435. The van der Waals surface area contributed by atoms with Crippen LogP contribution >= 0.6 is 0 Å². The van der Waals surface area contributed by atoms with Crippen LogP contribution in [0, 0.1) is 12.7 Å². The molecule has 0 aliphatic heterocycles. The molecule has 34 heavy (non-hydrogen) atoms. The molecule has 11 heteroatoms. The summed E-state index contributed by atoms with van der Waals surface area (Å²) in [6, 6.07) is 3.67. The summed E-state index contributed by atoms with van der Waals surface area (Å²) in [5, 5.41) is 8.51. The third-order valence-electron chi connectivity index (χ3n) is 4.07. The molecule has 0 amide bonds. The van der Waals surface area contributed by atoms with Crippen LogP contribution in [0.1, 0.15) is 51.3 Å². The van der Waals surface area contributed by atoms with Crippen LogP contribution in [0.2, 0.25) is 0 Å². The Morgan fingerprint density at radius 3 is 2.12 bits per heavy atom. The first-order chi connectivity index (χ1) is 15.3. The maximum Gasteiger partial charge on any atom is 0.534 e. The number of carbonyl (C=O) groups is 1. The van der Waals surface area contributed by atoms with Gasteiger partial charge in [-0.25, -0.2) is 4.39 Å². The van der Waals surface area contributed by atoms with Crippen LogP contribution in [0.4, 0.5) is 17.6 Å². The predicted molar refractivity (Wildman–Crippen MR) is 121 cm³/mol. The summed E-state index contributed by atoms with van der Waals surface area (Å²) in [5.74, 6) is -2.40. The molecule has 0 saturated heterocycles. The van der Waals surface area contributed by atoms with Crippen molar-refractivity contribution >= 4 is 32.4 Å². The SMILES string of the molecule is C=C(C)c1cc2cc(C)c(CC(=O)OCC)c(OS(=O)(=O)C(F)(F)F)c2cc1F.CC(C)(C)O. The Morgan fingerprint density at radius 2 is 1.68 bits per heavy atom. The Hall–Kier alpha value is -2.66. The molecule has 0 radical (unpaired) electrons. The van der Waals surface area contributed by atoms with E-state index in [4.69, 9.17) is 9.84 Å². The zero-order chi connectivity index (χ0) is 26.6. The number of fused-ring (bicyclic) bond motifs is 1. The molecule has 0 spiro atoms. The van der Waals surface area contributed by atoms with Crippen molar-refractivity contribution < 1.29 is 44.8 Å². The number of carbonyl (C=O) groups excluding carboxylic acids is 1. The van der Waals surface area contributed by atoms with Gasteiger partial charge in [0.05, 0.1) is 18.6 Å². The quantitative estimate of drug-likeness (QED) is 0.242. The number of hydrogen-bond donors (Lipinski definition) is 1. The van der Waals surface area contributed by atoms with Crippen LogP contribution < -0.4 is 4.18 Å². The Labute approximate surface area is 196 Å². The van der Waals surface area contributed by atoms with Gasteiger partial charge in [-0.1, -0.05) is 12.6 Å². The molecule has 2 aromatic rings. The van der Waals surface area contributed by atoms with Crippen LogP contribution in [0.25, 0.3) is 16.3 Å². The van der Waals surface area contributed by atoms with Crippen molar-refractivity contribution in [2.45, 2.75) is 59.1 Å². The van der Waals surface area contributed by atoms with Gasteiger partial charge in [0.2, 0.25) is 0 Å². The van der Waals surface area contributed by atoms with Gasteiger partial charge in [0.1, 0.15) is 5.82 Å². The number of halogens is 4. The minimum atomic E-state index is -6.06. The van der Waals surface area contributed by atoms with Crippen molar-refractivity contribution in [1.29, 1.82) is 0 Å². The maximum atomic E-state index is 14.5. The van der Waals surface area contributed by atoms with E-state index in [2.05, 4.69) is 10.8 Å². The van der Waals surface area contributed by atoms with Crippen molar-refractivity contribution in [2.75, 3.05) is 6.61 Å². The van der Waals surface area contributed by atoms with Crippen molar-refractivity contribution in [3.8, 4) is 5.75 Å². The summed E-state index contributed by atoms with van der Waals surface area (Å²) in [7, 11) is -6.06. The molecule has 190 valence electrons. The van der Waals surface area contributed by atoms with Crippen LogP contribution in [0.3, 0.4) is 0 Å². The first-order valence-corrected chi connectivity index (χ1v) is 11.5. The van der Waals surface area contributed by atoms with E-state index in [1.165, 1.54) is 32.9 Å². The highest BCUT2D eigenvalue weighted by atomic mass is 32.2. The summed E-state index contributed by atoms with van der Waals surface area (Å²) < 4.78 is 85.6. The van der Waals surface area contributed by atoms with E-state index in [-0.39, 0.29) is 34.1 Å². The number of esters is 1. The van der Waals surface area contributed by atoms with Crippen molar-refractivity contribution in [3.63, 3.8) is 0 Å². The van der Waals surface area contributed by atoms with Crippen LogP contribution in [0.5, 0.6) is 5.75 Å². The fourth-order valence-electron chi connectivity index (χ4n) is 2.72. The number of alkyl halides is 3. The highest BCUT2D eigenvalue weighted by Crippen LogP contribution is 2.38. The zero-order valence-electron chi connectivity index (χ0n) is 19.8. The smallest absolute Gasteiger partial charge is 0.466 e. The Kier molecular flexibility index (Phi) is 9.27. The average molecular weight is 509 g/mol. The summed E-state index contributed by atoms with van der Waals surface area (Å²) >= 11 is 0. The molecule has 0 bridgehead atoms. The molecule has 1 N–H and O–H groups in total. The van der Waals surface area contributed by atoms with Crippen molar-refractivity contribution in [2.24, 2.45) is 0 Å². The monoisotopic (exact) mass is 508 g/mol. The van der Waals surface area contributed by atoms with Gasteiger partial charge in [0, 0.05) is 16.5 Å². The van der Waals surface area contributed by atoms with Gasteiger partial charge >= 0.3 is 21.6 Å². The molecule has 0 aromatic heterocycles. The van der Waals surface area contributed by atoms with E-state index in [0.717, 1.165) is 6.07 Å². The van der Waals surface area contributed by atoms with Gasteiger partial charge in [0.25, 0.3) is 0 Å². The Bertz CT molecular complexity index is 1170. The number of ether oxygens (including phenoxy) is 1. The predicted octanol–water partition coefficient (Wildman–Crippen LogP) is 5.43. The third kappa shape index (κ3) is 7.98. The summed E-state index contributed by atoms with van der Waals surface area (Å²) in [5.41, 5.74) is -5.60. The lowest BCUT2D eigenvalue weighted by Gasteiger charge is -2.18. The molecule has 0 atom stereocenters. The molecule has 0 aliphatic carbocycles. The second-order valence-corrected chi connectivity index (χ2v) is 10.0. The minimum absolute atomic E-state index is 0.0130. The lowest BCUT2D eigenvalue weighted by atomic mass is 9.95. The Morgan fingerprint density at radius 1 is 1.15 bits per heavy atom. The topological polar surface area (TPSA) is 89.9 Å². The van der Waals surface area contributed by atoms with Gasteiger partial charge in [-0.2, -0.15) is 21.6 Å². The number of hydrogen-bond acceptors (Lipinski definition) is 6. The number of rotatable bonds is 6. The number of aryl methyl sites for hydroxylation is 1. The molecule has 0 fully saturated rings. The Balaban J connectivity index is 0.00000104. The molecule has 0 saturated carbocycles. The second-order valence-electron chi connectivity index (χ2n) is 8.47.